The molecule has 8 heteroatoms. The SMILES string of the molecule is CCNC(COCC(F)(F)C(F)F)Cc1ccnc(N)c1. The number of pyridine rings is 1. The van der Waals surface area contributed by atoms with Crippen LogP contribution in [0.4, 0.5) is 23.4 Å². The first-order chi connectivity index (χ1) is 9.85. The van der Waals surface area contributed by atoms with Gasteiger partial charge in [-0.25, -0.2) is 13.8 Å². The van der Waals surface area contributed by atoms with E-state index in [4.69, 9.17) is 10.5 Å². The zero-order chi connectivity index (χ0) is 15.9. The number of hydrogen-bond donors (Lipinski definition) is 2. The summed E-state index contributed by atoms with van der Waals surface area (Å²) in [5.41, 5.74) is 6.41. The third kappa shape index (κ3) is 6.26. The summed E-state index contributed by atoms with van der Waals surface area (Å²) in [6.45, 7) is 1.05. The Morgan fingerprint density at radius 3 is 2.71 bits per heavy atom. The predicted molar refractivity (Wildman–Crippen MR) is 71.6 cm³/mol. The Kier molecular flexibility index (Phi) is 6.83. The van der Waals surface area contributed by atoms with Crippen LogP contribution in [0.15, 0.2) is 18.3 Å². The molecule has 0 fully saturated rings. The minimum absolute atomic E-state index is 0.0988. The summed E-state index contributed by atoms with van der Waals surface area (Å²) >= 11 is 0. The molecule has 0 amide bonds. The summed E-state index contributed by atoms with van der Waals surface area (Å²) in [5, 5.41) is 3.05. The first-order valence-electron chi connectivity index (χ1n) is 6.52. The van der Waals surface area contributed by atoms with Crippen molar-refractivity contribution in [3.63, 3.8) is 0 Å². The summed E-state index contributed by atoms with van der Waals surface area (Å²) in [5.74, 6) is -3.77. The summed E-state index contributed by atoms with van der Waals surface area (Å²) in [6.07, 6.45) is -1.71. The molecule has 1 aromatic heterocycles. The van der Waals surface area contributed by atoms with E-state index in [-0.39, 0.29) is 12.6 Å². The number of nitrogens with two attached hydrogens (primary N) is 1. The zero-order valence-corrected chi connectivity index (χ0v) is 11.7. The minimum atomic E-state index is -4.13. The maximum absolute atomic E-state index is 12.7. The first-order valence-corrected chi connectivity index (χ1v) is 6.52. The van der Waals surface area contributed by atoms with Crippen LogP contribution >= 0.6 is 0 Å². The summed E-state index contributed by atoms with van der Waals surface area (Å²) in [6, 6.07) is 3.14. The van der Waals surface area contributed by atoms with E-state index in [0.717, 1.165) is 5.56 Å². The van der Waals surface area contributed by atoms with Crippen molar-refractivity contribution in [1.82, 2.24) is 10.3 Å². The molecule has 1 rings (SSSR count). The molecule has 0 aromatic carbocycles. The van der Waals surface area contributed by atoms with Gasteiger partial charge >= 0.3 is 12.3 Å². The average Bonchev–Trinajstić information content (AvgIpc) is 2.38. The van der Waals surface area contributed by atoms with Crippen molar-refractivity contribution in [2.24, 2.45) is 0 Å². The van der Waals surface area contributed by atoms with E-state index in [1.165, 1.54) is 0 Å². The molecule has 0 radical (unpaired) electrons. The number of nitrogens with one attached hydrogen (secondary N) is 1. The van der Waals surface area contributed by atoms with E-state index in [2.05, 4.69) is 10.3 Å². The van der Waals surface area contributed by atoms with Crippen molar-refractivity contribution >= 4 is 5.82 Å². The van der Waals surface area contributed by atoms with Crippen LogP contribution in [0, 0.1) is 0 Å². The largest absolute Gasteiger partial charge is 0.384 e. The fourth-order valence-electron chi connectivity index (χ4n) is 1.78. The van der Waals surface area contributed by atoms with E-state index in [0.29, 0.717) is 18.8 Å². The molecule has 120 valence electrons. The maximum atomic E-state index is 12.7. The van der Waals surface area contributed by atoms with E-state index in [9.17, 15) is 17.6 Å². The zero-order valence-electron chi connectivity index (χ0n) is 11.7. The van der Waals surface area contributed by atoms with Crippen LogP contribution < -0.4 is 11.1 Å². The number of halogens is 4. The third-order valence-electron chi connectivity index (χ3n) is 2.75. The molecule has 0 saturated carbocycles. The molecule has 0 spiro atoms. The molecular formula is C13H19F4N3O. The average molecular weight is 309 g/mol. The topological polar surface area (TPSA) is 60.2 Å². The normalized spacial score (nSPS) is 13.6. The van der Waals surface area contributed by atoms with Gasteiger partial charge in [0.2, 0.25) is 0 Å². The fourth-order valence-corrected chi connectivity index (χ4v) is 1.78. The summed E-state index contributed by atoms with van der Waals surface area (Å²) in [7, 11) is 0. The van der Waals surface area contributed by atoms with Gasteiger partial charge in [0.1, 0.15) is 12.4 Å². The molecule has 4 nitrogen and oxygen atoms in total. The Labute approximate surface area is 120 Å². The molecule has 0 aliphatic carbocycles. The van der Waals surface area contributed by atoms with E-state index in [1.54, 1.807) is 18.3 Å². The minimum Gasteiger partial charge on any atom is -0.384 e. The van der Waals surface area contributed by atoms with Gasteiger partial charge < -0.3 is 15.8 Å². The van der Waals surface area contributed by atoms with E-state index in [1.807, 2.05) is 6.92 Å². The second-order valence-corrected chi connectivity index (χ2v) is 4.62. The van der Waals surface area contributed by atoms with Gasteiger partial charge in [0, 0.05) is 12.2 Å². The molecule has 1 unspecified atom stereocenters. The quantitative estimate of drug-likeness (QED) is 0.686. The highest BCUT2D eigenvalue weighted by Crippen LogP contribution is 2.22. The van der Waals surface area contributed by atoms with Gasteiger partial charge in [-0.3, -0.25) is 0 Å². The number of hydrogen-bond acceptors (Lipinski definition) is 4. The lowest BCUT2D eigenvalue weighted by Crippen LogP contribution is -2.38. The van der Waals surface area contributed by atoms with Crippen LogP contribution in [0.25, 0.3) is 0 Å². The summed E-state index contributed by atoms with van der Waals surface area (Å²) < 4.78 is 54.2. The number of nitrogens with zero attached hydrogens (tertiary/aromatic N) is 1. The number of alkyl halides is 4. The number of likely N-dealkylation sites (N-methyl/N-ethyl adjacent to an activating group) is 1. The van der Waals surface area contributed by atoms with Crippen molar-refractivity contribution < 1.29 is 22.3 Å². The lowest BCUT2D eigenvalue weighted by molar-refractivity contribution is -0.167. The highest BCUT2D eigenvalue weighted by Gasteiger charge is 2.41. The van der Waals surface area contributed by atoms with Crippen molar-refractivity contribution in [2.75, 3.05) is 25.5 Å². The summed E-state index contributed by atoms with van der Waals surface area (Å²) in [4.78, 5) is 3.85. The third-order valence-corrected chi connectivity index (χ3v) is 2.75. The van der Waals surface area contributed by atoms with Gasteiger partial charge in [-0.05, 0) is 30.7 Å². The van der Waals surface area contributed by atoms with E-state index >= 15 is 0 Å². The number of ether oxygens (including phenoxy) is 1. The van der Waals surface area contributed by atoms with Gasteiger partial charge in [0.25, 0.3) is 0 Å². The van der Waals surface area contributed by atoms with E-state index < -0.39 is 19.0 Å². The Balaban J connectivity index is 2.50. The van der Waals surface area contributed by atoms with Crippen LogP contribution in [0.2, 0.25) is 0 Å². The van der Waals surface area contributed by atoms with Gasteiger partial charge in [-0.2, -0.15) is 8.78 Å². The highest BCUT2D eigenvalue weighted by atomic mass is 19.3. The van der Waals surface area contributed by atoms with Gasteiger partial charge in [0.05, 0.1) is 6.61 Å². The van der Waals surface area contributed by atoms with Crippen molar-refractivity contribution in [2.45, 2.75) is 31.7 Å². The maximum Gasteiger partial charge on any atom is 0.330 e. The molecule has 21 heavy (non-hydrogen) atoms. The Morgan fingerprint density at radius 2 is 2.14 bits per heavy atom. The molecule has 1 aromatic rings. The monoisotopic (exact) mass is 309 g/mol. The highest BCUT2D eigenvalue weighted by molar-refractivity contribution is 5.32. The van der Waals surface area contributed by atoms with Gasteiger partial charge in [-0.15, -0.1) is 0 Å². The number of rotatable bonds is 9. The van der Waals surface area contributed by atoms with Crippen molar-refractivity contribution in [3.8, 4) is 0 Å². The molecule has 0 aliphatic rings. The fraction of sp³-hybridized carbons (Fsp3) is 0.615. The molecule has 0 bridgehead atoms. The Morgan fingerprint density at radius 1 is 1.43 bits per heavy atom. The second-order valence-electron chi connectivity index (χ2n) is 4.62. The lowest BCUT2D eigenvalue weighted by Gasteiger charge is -2.20. The molecule has 1 atom stereocenters. The molecular weight excluding hydrogens is 290 g/mol. The Bertz CT molecular complexity index is 432. The predicted octanol–water partition coefficient (Wildman–Crippen LogP) is 2.10. The number of aromatic nitrogens is 1. The van der Waals surface area contributed by atoms with Crippen LogP contribution in [0.3, 0.4) is 0 Å². The molecule has 1 heterocycles. The standard InChI is InChI=1S/C13H19F4N3O/c1-2-19-10(5-9-3-4-20-11(18)6-9)7-21-8-13(16,17)12(14)15/h3-4,6,10,12,19H,2,5,7-8H2,1H3,(H2,18,20). The number of anilines is 1. The Hall–Kier alpha value is -1.41. The second kappa shape index (κ2) is 8.14. The number of nitrogen functional groups attached to an aromatic ring is 1. The van der Waals surface area contributed by atoms with Crippen LogP contribution in [-0.2, 0) is 11.2 Å². The molecule has 0 aliphatic heterocycles. The van der Waals surface area contributed by atoms with Crippen LogP contribution in [0.1, 0.15) is 12.5 Å². The lowest BCUT2D eigenvalue weighted by atomic mass is 10.1. The van der Waals surface area contributed by atoms with Crippen LogP contribution in [-0.4, -0.2) is 43.1 Å². The van der Waals surface area contributed by atoms with Gasteiger partial charge in [0.15, 0.2) is 0 Å². The molecule has 3 N–H and O–H groups in total. The smallest absolute Gasteiger partial charge is 0.330 e. The van der Waals surface area contributed by atoms with Gasteiger partial charge in [-0.1, -0.05) is 6.92 Å². The van der Waals surface area contributed by atoms with Crippen molar-refractivity contribution in [3.05, 3.63) is 23.9 Å². The van der Waals surface area contributed by atoms with Crippen molar-refractivity contribution in [1.29, 1.82) is 0 Å². The van der Waals surface area contributed by atoms with Crippen LogP contribution in [0.5, 0.6) is 0 Å². The molecule has 0 saturated heterocycles. The first kappa shape index (κ1) is 17.6.